The van der Waals surface area contributed by atoms with Crippen LogP contribution in [0.2, 0.25) is 0 Å². The minimum absolute atomic E-state index is 0.222. The van der Waals surface area contributed by atoms with Crippen molar-refractivity contribution in [2.45, 2.75) is 18.3 Å². The topological polar surface area (TPSA) is 0 Å². The van der Waals surface area contributed by atoms with Gasteiger partial charge in [-0.25, -0.2) is 0 Å². The van der Waals surface area contributed by atoms with Gasteiger partial charge in [-0.05, 0) is 62.1 Å². The molecule has 0 aliphatic heterocycles. The standard InChI is InChI=1S/C35H26/c1-3-13-24(14-4-1)32-23-26-17-7-8-18-27(26)34(32)33(25-15-5-2-6-16-25)35-30-21-11-9-19-28(30)29-20-10-12-22-31(29)35/h1-22,33,35H,23H2. The second kappa shape index (κ2) is 8.25. The third kappa shape index (κ3) is 3.21. The van der Waals surface area contributed by atoms with Gasteiger partial charge in [-0.2, -0.15) is 0 Å². The molecule has 0 saturated carbocycles. The van der Waals surface area contributed by atoms with Crippen molar-refractivity contribution in [3.8, 4) is 11.1 Å². The van der Waals surface area contributed by atoms with Crippen LogP contribution in [0.5, 0.6) is 0 Å². The zero-order chi connectivity index (χ0) is 23.2. The molecule has 1 unspecified atom stereocenters. The molecular weight excluding hydrogens is 420 g/mol. The second-order valence-corrected chi connectivity index (χ2v) is 9.63. The molecule has 0 saturated heterocycles. The summed E-state index contributed by atoms with van der Waals surface area (Å²) >= 11 is 0. The fraction of sp³-hybridized carbons (Fsp3) is 0.0857. The van der Waals surface area contributed by atoms with E-state index in [2.05, 4.69) is 133 Å². The van der Waals surface area contributed by atoms with Crippen molar-refractivity contribution in [1.82, 2.24) is 0 Å². The molecule has 7 rings (SSSR count). The molecule has 0 fully saturated rings. The maximum absolute atomic E-state index is 2.35. The molecule has 35 heavy (non-hydrogen) atoms. The lowest BCUT2D eigenvalue weighted by Crippen LogP contribution is -2.13. The van der Waals surface area contributed by atoms with Crippen molar-refractivity contribution in [2.75, 3.05) is 0 Å². The van der Waals surface area contributed by atoms with Crippen LogP contribution in [0.15, 0.2) is 133 Å². The first kappa shape index (κ1) is 20.2. The number of hydrogen-bond acceptors (Lipinski definition) is 0. The SMILES string of the molecule is c1ccc(C2=C(C(c3ccccc3)C3c4ccccc4-c4ccccc43)c3ccccc3C2)cc1. The molecule has 0 radical (unpaired) electrons. The van der Waals surface area contributed by atoms with Crippen LogP contribution in [0.3, 0.4) is 0 Å². The summed E-state index contributed by atoms with van der Waals surface area (Å²) in [6, 6.07) is 49.2. The van der Waals surface area contributed by atoms with Gasteiger partial charge in [-0.1, -0.05) is 133 Å². The molecule has 1 atom stereocenters. The van der Waals surface area contributed by atoms with Crippen LogP contribution in [0.25, 0.3) is 22.3 Å². The summed E-state index contributed by atoms with van der Waals surface area (Å²) in [5.74, 6) is 0.490. The summed E-state index contributed by atoms with van der Waals surface area (Å²) in [7, 11) is 0. The predicted octanol–water partition coefficient (Wildman–Crippen LogP) is 8.75. The summed E-state index contributed by atoms with van der Waals surface area (Å²) in [4.78, 5) is 0. The molecule has 166 valence electrons. The number of fused-ring (bicyclic) bond motifs is 4. The third-order valence-electron chi connectivity index (χ3n) is 7.81. The molecule has 5 aromatic carbocycles. The maximum Gasteiger partial charge on any atom is 0.0211 e. The number of benzene rings is 5. The number of rotatable bonds is 4. The van der Waals surface area contributed by atoms with Crippen molar-refractivity contribution in [3.05, 3.63) is 167 Å². The molecule has 5 aromatic rings. The maximum atomic E-state index is 2.35. The Balaban J connectivity index is 1.55. The van der Waals surface area contributed by atoms with Crippen LogP contribution in [-0.4, -0.2) is 0 Å². The van der Waals surface area contributed by atoms with E-state index in [9.17, 15) is 0 Å². The molecule has 0 heteroatoms. The fourth-order valence-corrected chi connectivity index (χ4v) is 6.38. The molecule has 0 bridgehead atoms. The highest BCUT2D eigenvalue weighted by molar-refractivity contribution is 6.00. The predicted molar refractivity (Wildman–Crippen MR) is 146 cm³/mol. The summed E-state index contributed by atoms with van der Waals surface area (Å²) in [6.45, 7) is 0. The van der Waals surface area contributed by atoms with Crippen LogP contribution < -0.4 is 0 Å². The largest absolute Gasteiger partial charge is 0.0622 e. The Kier molecular flexibility index (Phi) is 4.77. The van der Waals surface area contributed by atoms with E-state index in [0.717, 1.165) is 6.42 Å². The number of hydrogen-bond donors (Lipinski definition) is 0. The van der Waals surface area contributed by atoms with Gasteiger partial charge >= 0.3 is 0 Å². The summed E-state index contributed by atoms with van der Waals surface area (Å²) < 4.78 is 0. The van der Waals surface area contributed by atoms with Gasteiger partial charge in [-0.3, -0.25) is 0 Å². The zero-order valence-electron chi connectivity index (χ0n) is 19.6. The first-order chi connectivity index (χ1) is 17.4. The van der Waals surface area contributed by atoms with Gasteiger partial charge in [0.2, 0.25) is 0 Å². The minimum atomic E-state index is 0.222. The smallest absolute Gasteiger partial charge is 0.0211 e. The van der Waals surface area contributed by atoms with E-state index in [1.807, 2.05) is 0 Å². The van der Waals surface area contributed by atoms with Gasteiger partial charge in [-0.15, -0.1) is 0 Å². The molecule has 0 nitrogen and oxygen atoms in total. The third-order valence-corrected chi connectivity index (χ3v) is 7.81. The van der Waals surface area contributed by atoms with Crippen LogP contribution in [-0.2, 0) is 6.42 Å². The Bertz CT molecular complexity index is 1510. The van der Waals surface area contributed by atoms with Crippen LogP contribution in [0, 0.1) is 0 Å². The molecule has 0 spiro atoms. The molecular formula is C35H26. The Morgan fingerprint density at radius 2 is 1.00 bits per heavy atom. The molecule has 2 aliphatic carbocycles. The van der Waals surface area contributed by atoms with Gasteiger partial charge in [0.15, 0.2) is 0 Å². The van der Waals surface area contributed by atoms with Crippen LogP contribution in [0.1, 0.15) is 45.2 Å². The fourth-order valence-electron chi connectivity index (χ4n) is 6.38. The van der Waals surface area contributed by atoms with Crippen molar-refractivity contribution < 1.29 is 0 Å². The van der Waals surface area contributed by atoms with E-state index >= 15 is 0 Å². The van der Waals surface area contributed by atoms with E-state index in [-0.39, 0.29) is 11.8 Å². The average Bonchev–Trinajstić information content (AvgIpc) is 3.47. The first-order valence-electron chi connectivity index (χ1n) is 12.5. The lowest BCUT2D eigenvalue weighted by molar-refractivity contribution is 0.748. The van der Waals surface area contributed by atoms with E-state index in [4.69, 9.17) is 0 Å². The van der Waals surface area contributed by atoms with Gasteiger partial charge in [0.25, 0.3) is 0 Å². The second-order valence-electron chi connectivity index (χ2n) is 9.63. The monoisotopic (exact) mass is 446 g/mol. The Labute approximate surface area is 207 Å². The van der Waals surface area contributed by atoms with E-state index in [1.165, 1.54) is 55.7 Å². The highest BCUT2D eigenvalue weighted by atomic mass is 14.4. The Morgan fingerprint density at radius 3 is 1.66 bits per heavy atom. The Morgan fingerprint density at radius 1 is 0.486 bits per heavy atom. The summed E-state index contributed by atoms with van der Waals surface area (Å²) in [5.41, 5.74) is 14.1. The van der Waals surface area contributed by atoms with E-state index in [1.54, 1.807) is 0 Å². The average molecular weight is 447 g/mol. The number of allylic oxidation sites excluding steroid dienone is 2. The van der Waals surface area contributed by atoms with Crippen molar-refractivity contribution in [3.63, 3.8) is 0 Å². The normalized spacial score (nSPS) is 15.0. The first-order valence-corrected chi connectivity index (χ1v) is 12.5. The van der Waals surface area contributed by atoms with Crippen LogP contribution in [0.4, 0.5) is 0 Å². The molecule has 0 N–H and O–H groups in total. The quantitative estimate of drug-likeness (QED) is 0.259. The lowest BCUT2D eigenvalue weighted by Gasteiger charge is -2.30. The minimum Gasteiger partial charge on any atom is -0.0622 e. The van der Waals surface area contributed by atoms with Gasteiger partial charge < -0.3 is 0 Å². The van der Waals surface area contributed by atoms with E-state index < -0.39 is 0 Å². The van der Waals surface area contributed by atoms with Gasteiger partial charge in [0.1, 0.15) is 0 Å². The van der Waals surface area contributed by atoms with Gasteiger partial charge in [0, 0.05) is 11.8 Å². The molecule has 0 aromatic heterocycles. The zero-order valence-corrected chi connectivity index (χ0v) is 19.6. The lowest BCUT2D eigenvalue weighted by atomic mass is 9.73. The highest BCUT2D eigenvalue weighted by Gasteiger charge is 2.40. The highest BCUT2D eigenvalue weighted by Crippen LogP contribution is 2.57. The van der Waals surface area contributed by atoms with Crippen LogP contribution >= 0.6 is 0 Å². The van der Waals surface area contributed by atoms with E-state index in [0.29, 0.717) is 0 Å². The molecule has 0 heterocycles. The Hall–Kier alpha value is -4.16. The molecule has 2 aliphatic rings. The summed E-state index contributed by atoms with van der Waals surface area (Å²) in [6.07, 6.45) is 0.981. The van der Waals surface area contributed by atoms with Crippen molar-refractivity contribution in [1.29, 1.82) is 0 Å². The van der Waals surface area contributed by atoms with Crippen molar-refractivity contribution >= 4 is 11.1 Å². The van der Waals surface area contributed by atoms with Crippen molar-refractivity contribution in [2.24, 2.45) is 0 Å². The molecule has 0 amide bonds. The van der Waals surface area contributed by atoms with Gasteiger partial charge in [0.05, 0.1) is 0 Å². The summed E-state index contributed by atoms with van der Waals surface area (Å²) in [5, 5.41) is 0.